The van der Waals surface area contributed by atoms with E-state index in [4.69, 9.17) is 5.11 Å². The van der Waals surface area contributed by atoms with Gasteiger partial charge in [-0.2, -0.15) is 0 Å². The maximum absolute atomic E-state index is 13.6. The minimum atomic E-state index is -0.948. The van der Waals surface area contributed by atoms with Crippen LogP contribution in [0.5, 0.6) is 0 Å². The number of amides is 2. The van der Waals surface area contributed by atoms with E-state index in [0.29, 0.717) is 5.56 Å². The van der Waals surface area contributed by atoms with Crippen LogP contribution in [-0.2, 0) is 9.59 Å². The number of hydrogen-bond donors (Lipinski definition) is 1. The zero-order valence-electron chi connectivity index (χ0n) is 18.0. The highest BCUT2D eigenvalue weighted by molar-refractivity contribution is 6.07. The Morgan fingerprint density at radius 1 is 0.906 bits per heavy atom. The van der Waals surface area contributed by atoms with Gasteiger partial charge in [0.15, 0.2) is 0 Å². The molecule has 0 saturated heterocycles. The van der Waals surface area contributed by atoms with Gasteiger partial charge in [-0.1, -0.05) is 42.8 Å². The molecular formula is C26H28N2O4. The molecule has 2 aliphatic carbocycles. The van der Waals surface area contributed by atoms with Crippen LogP contribution in [-0.4, -0.2) is 39.9 Å². The van der Waals surface area contributed by atoms with Crippen molar-refractivity contribution < 1.29 is 19.5 Å². The number of carboxylic acids is 1. The van der Waals surface area contributed by atoms with Crippen LogP contribution in [0.2, 0.25) is 0 Å². The minimum Gasteiger partial charge on any atom is -0.481 e. The van der Waals surface area contributed by atoms with E-state index >= 15 is 0 Å². The number of carboxylic acid groups (broad SMARTS) is 1. The number of para-hydroxylation sites is 1. The molecule has 2 aromatic rings. The second-order valence-electron chi connectivity index (χ2n) is 9.13. The SMILES string of the molecule is O=C(O)CCC(=O)N(C1CC1)C1c2ccccc2N(C(=O)c2ccccc2)C2CCCC21. The molecule has 0 aromatic heterocycles. The van der Waals surface area contributed by atoms with Crippen molar-refractivity contribution in [1.29, 1.82) is 0 Å². The highest BCUT2D eigenvalue weighted by atomic mass is 16.4. The van der Waals surface area contributed by atoms with E-state index in [1.54, 1.807) is 0 Å². The number of carbonyl (C=O) groups is 3. The van der Waals surface area contributed by atoms with Gasteiger partial charge in [0.05, 0.1) is 12.5 Å². The standard InChI is InChI=1S/C26H28N2O4/c29-23(15-16-24(30)31)27(18-13-14-18)25-19-9-4-5-11-21(19)28(22-12-6-10-20(22)25)26(32)17-7-2-1-3-8-17/h1-5,7-9,11,18,20,22,25H,6,10,12-16H2,(H,30,31). The first-order valence-electron chi connectivity index (χ1n) is 11.6. The van der Waals surface area contributed by atoms with Crippen LogP contribution in [0.1, 0.15) is 66.9 Å². The maximum atomic E-state index is 13.6. The summed E-state index contributed by atoms with van der Waals surface area (Å²) in [4.78, 5) is 41.9. The monoisotopic (exact) mass is 432 g/mol. The van der Waals surface area contributed by atoms with Crippen LogP contribution in [0.4, 0.5) is 5.69 Å². The van der Waals surface area contributed by atoms with Gasteiger partial charge in [0, 0.05) is 35.7 Å². The summed E-state index contributed by atoms with van der Waals surface area (Å²) in [5.74, 6) is -0.866. The normalized spacial score (nSPS) is 23.9. The van der Waals surface area contributed by atoms with E-state index in [2.05, 4.69) is 0 Å². The van der Waals surface area contributed by atoms with Gasteiger partial charge < -0.3 is 14.9 Å². The van der Waals surface area contributed by atoms with Gasteiger partial charge in [-0.25, -0.2) is 0 Å². The molecule has 3 aliphatic rings. The molecule has 2 aromatic carbocycles. The molecule has 166 valence electrons. The van der Waals surface area contributed by atoms with E-state index in [1.165, 1.54) is 0 Å². The molecule has 6 heteroatoms. The lowest BCUT2D eigenvalue weighted by Gasteiger charge is -2.48. The molecule has 2 amide bonds. The third-order valence-electron chi connectivity index (χ3n) is 7.10. The van der Waals surface area contributed by atoms with Crippen LogP contribution < -0.4 is 4.90 Å². The van der Waals surface area contributed by atoms with Gasteiger partial charge >= 0.3 is 5.97 Å². The summed E-state index contributed by atoms with van der Waals surface area (Å²) in [5.41, 5.74) is 2.56. The predicted molar refractivity (Wildman–Crippen MR) is 120 cm³/mol. The molecule has 1 N–H and O–H groups in total. The number of carbonyl (C=O) groups excluding carboxylic acids is 2. The molecule has 32 heavy (non-hydrogen) atoms. The van der Waals surface area contributed by atoms with Gasteiger partial charge in [0.2, 0.25) is 5.91 Å². The van der Waals surface area contributed by atoms with Crippen molar-refractivity contribution in [3.05, 3.63) is 65.7 Å². The second-order valence-corrected chi connectivity index (χ2v) is 9.13. The van der Waals surface area contributed by atoms with Crippen LogP contribution in [0.15, 0.2) is 54.6 Å². The first-order chi connectivity index (χ1) is 15.6. The number of hydrogen-bond acceptors (Lipinski definition) is 3. The number of nitrogens with zero attached hydrogens (tertiary/aromatic N) is 2. The molecule has 0 bridgehead atoms. The summed E-state index contributed by atoms with van der Waals surface area (Å²) in [5, 5.41) is 9.11. The lowest BCUT2D eigenvalue weighted by molar-refractivity contribution is -0.142. The fraction of sp³-hybridized carbons (Fsp3) is 0.423. The van der Waals surface area contributed by atoms with E-state index in [0.717, 1.165) is 43.4 Å². The molecule has 1 aliphatic heterocycles. The summed E-state index contributed by atoms with van der Waals surface area (Å²) >= 11 is 0. The molecular weight excluding hydrogens is 404 g/mol. The van der Waals surface area contributed by atoms with Crippen molar-refractivity contribution in [2.45, 2.75) is 63.1 Å². The van der Waals surface area contributed by atoms with Crippen LogP contribution in [0.3, 0.4) is 0 Å². The lowest BCUT2D eigenvalue weighted by atomic mass is 9.81. The first-order valence-corrected chi connectivity index (χ1v) is 11.6. The zero-order valence-corrected chi connectivity index (χ0v) is 18.0. The minimum absolute atomic E-state index is 0.00331. The van der Waals surface area contributed by atoms with Crippen molar-refractivity contribution in [2.24, 2.45) is 5.92 Å². The highest BCUT2D eigenvalue weighted by Crippen LogP contribution is 2.52. The predicted octanol–water partition coefficient (Wildman–Crippen LogP) is 4.41. The Morgan fingerprint density at radius 2 is 1.62 bits per heavy atom. The number of anilines is 1. The quantitative estimate of drug-likeness (QED) is 0.733. The Bertz CT molecular complexity index is 1030. The summed E-state index contributed by atoms with van der Waals surface area (Å²) in [6, 6.07) is 17.4. The van der Waals surface area contributed by atoms with E-state index in [1.807, 2.05) is 64.4 Å². The van der Waals surface area contributed by atoms with Crippen molar-refractivity contribution in [2.75, 3.05) is 4.90 Å². The van der Waals surface area contributed by atoms with Crippen LogP contribution in [0.25, 0.3) is 0 Å². The van der Waals surface area contributed by atoms with Crippen LogP contribution in [0, 0.1) is 5.92 Å². The Labute approximate surface area is 187 Å². The number of fused-ring (bicyclic) bond motifs is 2. The average molecular weight is 433 g/mol. The Balaban J connectivity index is 1.56. The van der Waals surface area contributed by atoms with Crippen molar-refractivity contribution in [3.63, 3.8) is 0 Å². The highest BCUT2D eigenvalue weighted by Gasteiger charge is 2.51. The van der Waals surface area contributed by atoms with Crippen molar-refractivity contribution in [3.8, 4) is 0 Å². The molecule has 1 heterocycles. The number of aliphatic carboxylic acids is 1. The molecule has 5 rings (SSSR count). The van der Waals surface area contributed by atoms with E-state index in [9.17, 15) is 14.4 Å². The summed E-state index contributed by atoms with van der Waals surface area (Å²) in [7, 11) is 0. The lowest BCUT2D eigenvalue weighted by Crippen LogP contribution is -2.52. The van der Waals surface area contributed by atoms with Crippen molar-refractivity contribution >= 4 is 23.5 Å². The topological polar surface area (TPSA) is 77.9 Å². The third kappa shape index (κ3) is 3.68. The van der Waals surface area contributed by atoms with Crippen LogP contribution >= 0.6 is 0 Å². The van der Waals surface area contributed by atoms with Gasteiger partial charge in [0.1, 0.15) is 0 Å². The molecule has 6 nitrogen and oxygen atoms in total. The smallest absolute Gasteiger partial charge is 0.303 e. The second kappa shape index (κ2) is 8.41. The number of rotatable bonds is 6. The number of benzene rings is 2. The maximum Gasteiger partial charge on any atom is 0.303 e. The molecule has 3 unspecified atom stereocenters. The Kier molecular flexibility index (Phi) is 5.45. The van der Waals surface area contributed by atoms with E-state index in [-0.39, 0.29) is 48.7 Å². The fourth-order valence-corrected chi connectivity index (χ4v) is 5.64. The Hall–Kier alpha value is -3.15. The largest absolute Gasteiger partial charge is 0.481 e. The molecule has 2 saturated carbocycles. The molecule has 3 atom stereocenters. The molecule has 2 fully saturated rings. The van der Waals surface area contributed by atoms with Gasteiger partial charge in [-0.05, 0) is 49.4 Å². The third-order valence-corrected chi connectivity index (χ3v) is 7.10. The fourth-order valence-electron chi connectivity index (χ4n) is 5.64. The van der Waals surface area contributed by atoms with E-state index < -0.39 is 5.97 Å². The van der Waals surface area contributed by atoms with Crippen molar-refractivity contribution in [1.82, 2.24) is 4.90 Å². The summed E-state index contributed by atoms with van der Waals surface area (Å²) < 4.78 is 0. The molecule has 0 radical (unpaired) electrons. The first kappa shape index (κ1) is 20.7. The summed E-state index contributed by atoms with van der Waals surface area (Å²) in [6.07, 6.45) is 4.68. The van der Waals surface area contributed by atoms with Gasteiger partial charge in [-0.15, -0.1) is 0 Å². The van der Waals surface area contributed by atoms with Gasteiger partial charge in [-0.3, -0.25) is 14.4 Å². The van der Waals surface area contributed by atoms with Gasteiger partial charge in [0.25, 0.3) is 5.91 Å². The zero-order chi connectivity index (χ0) is 22.2. The average Bonchev–Trinajstić information content (AvgIpc) is 3.53. The summed E-state index contributed by atoms with van der Waals surface area (Å²) in [6.45, 7) is 0. The molecule has 0 spiro atoms. The Morgan fingerprint density at radius 3 is 2.34 bits per heavy atom.